The lowest BCUT2D eigenvalue weighted by Gasteiger charge is -2.17. The van der Waals surface area contributed by atoms with Gasteiger partial charge in [0.1, 0.15) is 12.4 Å². The van der Waals surface area contributed by atoms with Crippen LogP contribution in [-0.4, -0.2) is 36.0 Å². The largest absolute Gasteiger partial charge is 0.492 e. The number of likely N-dealkylation sites (N-methyl/N-ethyl adjacent to an activating group) is 1. The van der Waals surface area contributed by atoms with Gasteiger partial charge in [-0.15, -0.1) is 0 Å². The number of halogens is 3. The summed E-state index contributed by atoms with van der Waals surface area (Å²) in [5.74, 6) is -0.0721. The molecular formula is C16H15F3N2O3. The van der Waals surface area contributed by atoms with E-state index in [1.54, 1.807) is 7.05 Å². The minimum atomic E-state index is -4.39. The molecule has 0 atom stereocenters. The number of rotatable bonds is 5. The first-order valence-electron chi connectivity index (χ1n) is 7.01. The molecule has 2 rings (SSSR count). The third-order valence-corrected chi connectivity index (χ3v) is 3.25. The normalized spacial score (nSPS) is 11.2. The Morgan fingerprint density at radius 3 is 2.46 bits per heavy atom. The molecule has 0 saturated carbocycles. The molecule has 24 heavy (non-hydrogen) atoms. The van der Waals surface area contributed by atoms with Crippen molar-refractivity contribution in [2.75, 3.05) is 20.2 Å². The third-order valence-electron chi connectivity index (χ3n) is 3.25. The van der Waals surface area contributed by atoms with Crippen molar-refractivity contribution in [2.24, 2.45) is 0 Å². The zero-order chi connectivity index (χ0) is 17.7. The standard InChI is InChI=1S/C16H15F3N2O3/c1-21(15(23)11-6-7-20-14(22)10-11)8-9-24-13-4-2-12(3-5-13)16(17,18)19/h2-7,10H,8-9H2,1H3,(H,20,22). The molecule has 0 aliphatic rings. The molecule has 0 aliphatic carbocycles. The molecule has 128 valence electrons. The van der Waals surface area contributed by atoms with Crippen molar-refractivity contribution < 1.29 is 22.7 Å². The maximum absolute atomic E-state index is 12.4. The van der Waals surface area contributed by atoms with E-state index in [1.165, 1.54) is 35.4 Å². The second-order valence-corrected chi connectivity index (χ2v) is 5.04. The zero-order valence-corrected chi connectivity index (χ0v) is 12.8. The summed E-state index contributed by atoms with van der Waals surface area (Å²) in [4.78, 5) is 27.0. The van der Waals surface area contributed by atoms with E-state index >= 15 is 0 Å². The molecule has 0 fully saturated rings. The summed E-state index contributed by atoms with van der Waals surface area (Å²) in [6.45, 7) is 0.323. The smallest absolute Gasteiger partial charge is 0.416 e. The third kappa shape index (κ3) is 4.61. The number of benzene rings is 1. The summed E-state index contributed by atoms with van der Waals surface area (Å²) >= 11 is 0. The zero-order valence-electron chi connectivity index (χ0n) is 12.8. The van der Waals surface area contributed by atoms with E-state index in [0.717, 1.165) is 12.1 Å². The van der Waals surface area contributed by atoms with Crippen LogP contribution in [0.5, 0.6) is 5.75 Å². The Kier molecular flexibility index (Phi) is 5.28. The van der Waals surface area contributed by atoms with E-state index < -0.39 is 11.7 Å². The number of hydrogen-bond acceptors (Lipinski definition) is 3. The Labute approximate surface area is 135 Å². The first kappa shape index (κ1) is 17.6. The van der Waals surface area contributed by atoms with Gasteiger partial charge < -0.3 is 14.6 Å². The molecule has 1 heterocycles. The van der Waals surface area contributed by atoms with E-state index in [4.69, 9.17) is 4.74 Å². The van der Waals surface area contributed by atoms with Crippen molar-refractivity contribution in [1.82, 2.24) is 9.88 Å². The number of pyridine rings is 1. The maximum Gasteiger partial charge on any atom is 0.416 e. The number of aromatic nitrogens is 1. The molecular weight excluding hydrogens is 325 g/mol. The van der Waals surface area contributed by atoms with Crippen molar-refractivity contribution in [2.45, 2.75) is 6.18 Å². The summed E-state index contributed by atoms with van der Waals surface area (Å²) in [5, 5.41) is 0. The van der Waals surface area contributed by atoms with Crippen molar-refractivity contribution in [3.05, 3.63) is 64.1 Å². The van der Waals surface area contributed by atoms with Gasteiger partial charge in [-0.25, -0.2) is 0 Å². The maximum atomic E-state index is 12.4. The summed E-state index contributed by atoms with van der Waals surface area (Å²) in [7, 11) is 1.54. The van der Waals surface area contributed by atoms with Gasteiger partial charge in [0.05, 0.1) is 12.1 Å². The van der Waals surface area contributed by atoms with Gasteiger partial charge in [-0.1, -0.05) is 0 Å². The summed E-state index contributed by atoms with van der Waals surface area (Å²) in [5.41, 5.74) is -0.887. The second kappa shape index (κ2) is 7.20. The van der Waals surface area contributed by atoms with Gasteiger partial charge in [-0.2, -0.15) is 13.2 Å². The summed E-state index contributed by atoms with van der Waals surface area (Å²) in [6, 6.07) is 6.98. The lowest BCUT2D eigenvalue weighted by molar-refractivity contribution is -0.137. The Balaban J connectivity index is 1.87. The number of hydrogen-bond donors (Lipinski definition) is 1. The molecule has 1 amide bonds. The number of carbonyl (C=O) groups excluding carboxylic acids is 1. The van der Waals surface area contributed by atoms with Crippen LogP contribution in [0, 0.1) is 0 Å². The van der Waals surface area contributed by atoms with Crippen LogP contribution in [0.2, 0.25) is 0 Å². The molecule has 1 N–H and O–H groups in total. The molecule has 1 aromatic heterocycles. The number of H-pyrrole nitrogens is 1. The lowest BCUT2D eigenvalue weighted by Crippen LogP contribution is -2.31. The fourth-order valence-electron chi connectivity index (χ4n) is 1.94. The van der Waals surface area contributed by atoms with Gasteiger partial charge in [0.2, 0.25) is 5.56 Å². The van der Waals surface area contributed by atoms with E-state index in [9.17, 15) is 22.8 Å². The molecule has 5 nitrogen and oxygen atoms in total. The van der Waals surface area contributed by atoms with Crippen molar-refractivity contribution >= 4 is 5.91 Å². The highest BCUT2D eigenvalue weighted by atomic mass is 19.4. The number of amides is 1. The van der Waals surface area contributed by atoms with E-state index in [2.05, 4.69) is 4.98 Å². The van der Waals surface area contributed by atoms with Gasteiger partial charge >= 0.3 is 6.18 Å². The van der Waals surface area contributed by atoms with Crippen LogP contribution in [0.4, 0.5) is 13.2 Å². The SMILES string of the molecule is CN(CCOc1ccc(C(F)(F)F)cc1)C(=O)c1cc[nH]c(=O)c1. The minimum absolute atomic E-state index is 0.108. The van der Waals surface area contributed by atoms with Crippen molar-refractivity contribution in [3.63, 3.8) is 0 Å². The highest BCUT2D eigenvalue weighted by Crippen LogP contribution is 2.30. The van der Waals surface area contributed by atoms with Gasteiger partial charge in [0.25, 0.3) is 5.91 Å². The number of nitrogens with zero attached hydrogens (tertiary/aromatic N) is 1. The predicted molar refractivity (Wildman–Crippen MR) is 81.0 cm³/mol. The average molecular weight is 340 g/mol. The Morgan fingerprint density at radius 2 is 1.88 bits per heavy atom. The second-order valence-electron chi connectivity index (χ2n) is 5.04. The van der Waals surface area contributed by atoms with Gasteiger partial charge in [-0.05, 0) is 30.3 Å². The first-order valence-corrected chi connectivity index (χ1v) is 7.01. The lowest BCUT2D eigenvalue weighted by atomic mass is 10.2. The fraction of sp³-hybridized carbons (Fsp3) is 0.250. The predicted octanol–water partition coefficient (Wildman–Crippen LogP) is 2.54. The van der Waals surface area contributed by atoms with Gasteiger partial charge in [-0.3, -0.25) is 9.59 Å². The molecule has 0 radical (unpaired) electrons. The Morgan fingerprint density at radius 1 is 1.21 bits per heavy atom. The van der Waals surface area contributed by atoms with E-state index in [1.807, 2.05) is 0 Å². The number of nitrogens with one attached hydrogen (secondary N) is 1. The molecule has 0 saturated heterocycles. The van der Waals surface area contributed by atoms with E-state index in [-0.39, 0.29) is 35.9 Å². The van der Waals surface area contributed by atoms with Gasteiger partial charge in [0, 0.05) is 24.9 Å². The van der Waals surface area contributed by atoms with Crippen LogP contribution >= 0.6 is 0 Å². The van der Waals surface area contributed by atoms with Crippen LogP contribution in [0.15, 0.2) is 47.4 Å². The monoisotopic (exact) mass is 340 g/mol. The number of ether oxygens (including phenoxy) is 1. The molecule has 1 aromatic carbocycles. The van der Waals surface area contributed by atoms with Crippen LogP contribution in [0.1, 0.15) is 15.9 Å². The summed E-state index contributed by atoms with van der Waals surface area (Å²) in [6.07, 6.45) is -3.01. The van der Waals surface area contributed by atoms with Crippen LogP contribution in [-0.2, 0) is 6.18 Å². The highest BCUT2D eigenvalue weighted by molar-refractivity contribution is 5.93. The molecule has 0 unspecified atom stereocenters. The summed E-state index contributed by atoms with van der Waals surface area (Å²) < 4.78 is 42.7. The van der Waals surface area contributed by atoms with Crippen molar-refractivity contribution in [1.29, 1.82) is 0 Å². The Hall–Kier alpha value is -2.77. The Bertz CT molecular complexity index is 754. The van der Waals surface area contributed by atoms with E-state index in [0.29, 0.717) is 0 Å². The van der Waals surface area contributed by atoms with Crippen LogP contribution < -0.4 is 10.3 Å². The minimum Gasteiger partial charge on any atom is -0.492 e. The molecule has 0 aliphatic heterocycles. The first-order chi connectivity index (χ1) is 11.3. The van der Waals surface area contributed by atoms with Gasteiger partial charge in [0.15, 0.2) is 0 Å². The number of aromatic amines is 1. The highest BCUT2D eigenvalue weighted by Gasteiger charge is 2.30. The molecule has 8 heteroatoms. The molecule has 0 spiro atoms. The number of alkyl halides is 3. The molecule has 0 bridgehead atoms. The topological polar surface area (TPSA) is 62.4 Å². The van der Waals surface area contributed by atoms with Crippen LogP contribution in [0.3, 0.4) is 0 Å². The van der Waals surface area contributed by atoms with Crippen LogP contribution in [0.25, 0.3) is 0 Å². The molecule has 2 aromatic rings. The average Bonchev–Trinajstić information content (AvgIpc) is 2.53. The quantitative estimate of drug-likeness (QED) is 0.910. The number of carbonyl (C=O) groups is 1. The van der Waals surface area contributed by atoms with Crippen molar-refractivity contribution in [3.8, 4) is 5.75 Å². The fourth-order valence-corrected chi connectivity index (χ4v) is 1.94.